The highest BCUT2D eigenvalue weighted by atomic mass is 35.5. The summed E-state index contributed by atoms with van der Waals surface area (Å²) in [5.41, 5.74) is 0.859. The third-order valence-corrected chi connectivity index (χ3v) is 5.53. The SMILES string of the molecule is O=C(CN1CCC2(CC1)N=C(c1ccc(F)cc1)C(=O)N2)Nc1ccccc1Cl. The third-order valence-electron chi connectivity index (χ3n) is 5.20. The molecule has 4 rings (SSSR count). The monoisotopic (exact) mass is 414 g/mol. The Morgan fingerprint density at radius 2 is 1.86 bits per heavy atom. The molecular formula is C21H20ClFN4O2. The van der Waals surface area contributed by atoms with Gasteiger partial charge < -0.3 is 10.6 Å². The summed E-state index contributed by atoms with van der Waals surface area (Å²) in [7, 11) is 0. The van der Waals surface area contributed by atoms with Crippen LogP contribution in [0.5, 0.6) is 0 Å². The fourth-order valence-electron chi connectivity index (χ4n) is 3.64. The molecule has 0 unspecified atom stereocenters. The number of anilines is 1. The van der Waals surface area contributed by atoms with E-state index in [4.69, 9.17) is 11.6 Å². The van der Waals surface area contributed by atoms with Crippen LogP contribution in [0.2, 0.25) is 5.02 Å². The van der Waals surface area contributed by atoms with Crippen molar-refractivity contribution in [1.82, 2.24) is 10.2 Å². The quantitative estimate of drug-likeness (QED) is 0.808. The zero-order valence-corrected chi connectivity index (χ0v) is 16.4. The van der Waals surface area contributed by atoms with E-state index >= 15 is 0 Å². The van der Waals surface area contributed by atoms with E-state index in [1.807, 2.05) is 11.0 Å². The van der Waals surface area contributed by atoms with Crippen LogP contribution in [0, 0.1) is 5.82 Å². The molecule has 1 spiro atoms. The summed E-state index contributed by atoms with van der Waals surface area (Å²) < 4.78 is 13.1. The van der Waals surface area contributed by atoms with Crippen LogP contribution in [0.3, 0.4) is 0 Å². The number of likely N-dealkylation sites (tertiary alicyclic amines) is 1. The van der Waals surface area contributed by atoms with Crippen molar-refractivity contribution >= 4 is 34.8 Å². The molecule has 0 aromatic heterocycles. The van der Waals surface area contributed by atoms with Crippen LogP contribution >= 0.6 is 11.6 Å². The second-order valence-electron chi connectivity index (χ2n) is 7.26. The molecule has 2 heterocycles. The molecule has 2 aliphatic rings. The molecule has 0 saturated carbocycles. The van der Waals surface area contributed by atoms with Crippen LogP contribution in [-0.4, -0.2) is 47.7 Å². The molecule has 1 fully saturated rings. The Labute approximate surface area is 172 Å². The maximum Gasteiger partial charge on any atom is 0.272 e. The van der Waals surface area contributed by atoms with Gasteiger partial charge in [-0.3, -0.25) is 19.5 Å². The number of piperidine rings is 1. The number of carbonyl (C=O) groups is 2. The predicted molar refractivity (Wildman–Crippen MR) is 110 cm³/mol. The average molecular weight is 415 g/mol. The second-order valence-corrected chi connectivity index (χ2v) is 7.66. The number of benzene rings is 2. The van der Waals surface area contributed by atoms with Crippen molar-refractivity contribution in [2.24, 2.45) is 4.99 Å². The molecule has 8 heteroatoms. The molecule has 0 radical (unpaired) electrons. The molecule has 2 amide bonds. The third kappa shape index (κ3) is 4.31. The highest BCUT2D eigenvalue weighted by Crippen LogP contribution is 2.29. The van der Waals surface area contributed by atoms with Gasteiger partial charge in [0, 0.05) is 31.5 Å². The molecule has 0 atom stereocenters. The van der Waals surface area contributed by atoms with E-state index in [0.717, 1.165) is 0 Å². The van der Waals surface area contributed by atoms with Gasteiger partial charge in [0.1, 0.15) is 17.2 Å². The van der Waals surface area contributed by atoms with Crippen molar-refractivity contribution in [1.29, 1.82) is 0 Å². The van der Waals surface area contributed by atoms with Gasteiger partial charge in [0.05, 0.1) is 17.3 Å². The fourth-order valence-corrected chi connectivity index (χ4v) is 3.82. The van der Waals surface area contributed by atoms with Gasteiger partial charge in [-0.05, 0) is 36.4 Å². The van der Waals surface area contributed by atoms with Gasteiger partial charge in [0.2, 0.25) is 5.91 Å². The van der Waals surface area contributed by atoms with Gasteiger partial charge in [0.25, 0.3) is 5.91 Å². The lowest BCUT2D eigenvalue weighted by molar-refractivity contribution is -0.119. The van der Waals surface area contributed by atoms with Crippen molar-refractivity contribution in [3.05, 3.63) is 64.9 Å². The van der Waals surface area contributed by atoms with Gasteiger partial charge in [-0.1, -0.05) is 23.7 Å². The van der Waals surface area contributed by atoms with Gasteiger partial charge in [-0.15, -0.1) is 0 Å². The van der Waals surface area contributed by atoms with E-state index in [-0.39, 0.29) is 24.2 Å². The van der Waals surface area contributed by atoms with Crippen molar-refractivity contribution in [2.45, 2.75) is 18.5 Å². The number of aliphatic imine (C=N–C) groups is 1. The van der Waals surface area contributed by atoms with Crippen molar-refractivity contribution in [3.63, 3.8) is 0 Å². The molecule has 150 valence electrons. The zero-order valence-electron chi connectivity index (χ0n) is 15.6. The summed E-state index contributed by atoms with van der Waals surface area (Å²) in [6, 6.07) is 12.8. The van der Waals surface area contributed by atoms with Crippen LogP contribution in [-0.2, 0) is 9.59 Å². The Hall–Kier alpha value is -2.77. The smallest absolute Gasteiger partial charge is 0.272 e. The Morgan fingerprint density at radius 1 is 1.17 bits per heavy atom. The van der Waals surface area contributed by atoms with Crippen molar-refractivity contribution in [3.8, 4) is 0 Å². The minimum absolute atomic E-state index is 0.139. The Morgan fingerprint density at radius 3 is 2.55 bits per heavy atom. The first kappa shape index (κ1) is 19.5. The first-order valence-electron chi connectivity index (χ1n) is 9.39. The van der Waals surface area contributed by atoms with Crippen LogP contribution in [0.1, 0.15) is 18.4 Å². The summed E-state index contributed by atoms with van der Waals surface area (Å²) in [5, 5.41) is 6.29. The summed E-state index contributed by atoms with van der Waals surface area (Å²) >= 11 is 6.08. The van der Waals surface area contributed by atoms with E-state index in [2.05, 4.69) is 15.6 Å². The number of hydrogen-bond donors (Lipinski definition) is 2. The molecule has 2 aliphatic heterocycles. The minimum atomic E-state index is -0.656. The molecule has 2 N–H and O–H groups in total. The van der Waals surface area contributed by atoms with Crippen LogP contribution in [0.25, 0.3) is 0 Å². The first-order valence-corrected chi connectivity index (χ1v) is 9.77. The summed E-state index contributed by atoms with van der Waals surface area (Å²) in [4.78, 5) is 31.4. The number of nitrogens with zero attached hydrogens (tertiary/aromatic N) is 2. The molecule has 2 aromatic carbocycles. The van der Waals surface area contributed by atoms with Crippen molar-refractivity contribution < 1.29 is 14.0 Å². The van der Waals surface area contributed by atoms with Crippen LogP contribution in [0.15, 0.2) is 53.5 Å². The predicted octanol–water partition coefficient (Wildman–Crippen LogP) is 2.83. The summed E-state index contributed by atoms with van der Waals surface area (Å²) in [6.45, 7) is 1.48. The number of rotatable bonds is 4. The molecule has 0 bridgehead atoms. The lowest BCUT2D eigenvalue weighted by atomic mass is 9.98. The number of carbonyl (C=O) groups excluding carboxylic acids is 2. The molecule has 29 heavy (non-hydrogen) atoms. The Kier molecular flexibility index (Phi) is 5.34. The molecule has 2 aromatic rings. The highest BCUT2D eigenvalue weighted by molar-refractivity contribution is 6.46. The van der Waals surface area contributed by atoms with E-state index in [9.17, 15) is 14.0 Å². The molecule has 1 saturated heterocycles. The summed E-state index contributed by atoms with van der Waals surface area (Å²) in [6.07, 6.45) is 1.20. The second kappa shape index (κ2) is 7.93. The zero-order chi connectivity index (χ0) is 20.4. The minimum Gasteiger partial charge on any atom is -0.326 e. The van der Waals surface area contributed by atoms with Crippen LogP contribution in [0.4, 0.5) is 10.1 Å². The van der Waals surface area contributed by atoms with E-state index in [1.54, 1.807) is 30.3 Å². The first-order chi connectivity index (χ1) is 13.9. The number of hydrogen-bond acceptors (Lipinski definition) is 4. The Balaban J connectivity index is 1.36. The molecule has 0 aliphatic carbocycles. The number of halogens is 2. The van der Waals surface area contributed by atoms with E-state index in [0.29, 0.717) is 47.9 Å². The van der Waals surface area contributed by atoms with E-state index < -0.39 is 5.66 Å². The fraction of sp³-hybridized carbons (Fsp3) is 0.286. The van der Waals surface area contributed by atoms with Gasteiger partial charge >= 0.3 is 0 Å². The highest BCUT2D eigenvalue weighted by Gasteiger charge is 2.42. The number of para-hydroxylation sites is 1. The Bertz CT molecular complexity index is 969. The lowest BCUT2D eigenvalue weighted by Gasteiger charge is -2.36. The maximum atomic E-state index is 13.1. The van der Waals surface area contributed by atoms with Gasteiger partial charge in [-0.2, -0.15) is 0 Å². The normalized spacial score (nSPS) is 18.4. The molecular weight excluding hydrogens is 395 g/mol. The molecule has 6 nitrogen and oxygen atoms in total. The lowest BCUT2D eigenvalue weighted by Crippen LogP contribution is -2.52. The van der Waals surface area contributed by atoms with Crippen LogP contribution < -0.4 is 10.6 Å². The number of nitrogens with one attached hydrogen (secondary N) is 2. The number of amides is 2. The standard InChI is InChI=1S/C21H20ClFN4O2/c22-16-3-1-2-4-17(16)24-18(28)13-27-11-9-21(10-12-27)25-19(20(29)26-21)14-5-7-15(23)8-6-14/h1-8H,9-13H2,(H,24,28)(H,26,29). The maximum absolute atomic E-state index is 13.1. The average Bonchev–Trinajstić information content (AvgIpc) is 3.02. The summed E-state index contributed by atoms with van der Waals surface area (Å²) in [5.74, 6) is -0.743. The van der Waals surface area contributed by atoms with Gasteiger partial charge in [-0.25, -0.2) is 4.39 Å². The largest absolute Gasteiger partial charge is 0.326 e. The van der Waals surface area contributed by atoms with Gasteiger partial charge in [0.15, 0.2) is 0 Å². The van der Waals surface area contributed by atoms with E-state index in [1.165, 1.54) is 12.1 Å². The topological polar surface area (TPSA) is 73.8 Å². The van der Waals surface area contributed by atoms with Crippen molar-refractivity contribution in [2.75, 3.05) is 25.0 Å².